The van der Waals surface area contributed by atoms with E-state index in [9.17, 15) is 4.79 Å². The monoisotopic (exact) mass is 307 g/mol. The Hall–Kier alpha value is -1.53. The zero-order chi connectivity index (χ0) is 14.4. The molecule has 0 saturated carbocycles. The van der Waals surface area contributed by atoms with Crippen LogP contribution < -0.4 is 11.1 Å². The Morgan fingerprint density at radius 2 is 2.15 bits per heavy atom. The number of thioether (sulfide) groups is 1. The number of aryl methyl sites for hydroxylation is 1. The van der Waals surface area contributed by atoms with Gasteiger partial charge in [0, 0.05) is 6.54 Å². The minimum Gasteiger partial charge on any atom is -0.375 e. The van der Waals surface area contributed by atoms with E-state index in [1.54, 1.807) is 0 Å². The molecule has 6 heteroatoms. The third kappa shape index (κ3) is 4.54. The van der Waals surface area contributed by atoms with Gasteiger partial charge in [0.05, 0.1) is 15.7 Å². The highest BCUT2D eigenvalue weighted by molar-refractivity contribution is 8.01. The molecule has 0 fully saturated rings. The van der Waals surface area contributed by atoms with E-state index < -0.39 is 0 Å². The van der Waals surface area contributed by atoms with Gasteiger partial charge in [-0.3, -0.25) is 4.79 Å². The first-order valence-electron chi connectivity index (χ1n) is 6.31. The number of nitrogens with two attached hydrogens (primary N) is 1. The van der Waals surface area contributed by atoms with Gasteiger partial charge >= 0.3 is 0 Å². The van der Waals surface area contributed by atoms with Crippen molar-refractivity contribution in [1.82, 2.24) is 10.3 Å². The minimum atomic E-state index is 0.0392. The van der Waals surface area contributed by atoms with E-state index in [-0.39, 0.29) is 5.91 Å². The summed E-state index contributed by atoms with van der Waals surface area (Å²) in [6.45, 7) is 2.57. The van der Waals surface area contributed by atoms with E-state index in [2.05, 4.69) is 22.4 Å². The predicted octanol–water partition coefficient (Wildman–Crippen LogP) is 2.48. The number of nitrogen functional groups attached to an aromatic ring is 1. The van der Waals surface area contributed by atoms with E-state index in [1.807, 2.05) is 25.1 Å². The molecule has 4 nitrogen and oxygen atoms in total. The zero-order valence-electron chi connectivity index (χ0n) is 11.3. The topological polar surface area (TPSA) is 68.0 Å². The molecular formula is C14H17N3OS2. The summed E-state index contributed by atoms with van der Waals surface area (Å²) >= 11 is 2.91. The summed E-state index contributed by atoms with van der Waals surface area (Å²) in [5.74, 6) is 0.439. The number of rotatable bonds is 6. The molecule has 2 aromatic rings. The molecule has 3 N–H and O–H groups in total. The summed E-state index contributed by atoms with van der Waals surface area (Å²) in [4.78, 5) is 15.9. The van der Waals surface area contributed by atoms with Crippen LogP contribution in [0.4, 0.5) is 5.13 Å². The number of amides is 1. The van der Waals surface area contributed by atoms with E-state index in [0.29, 0.717) is 17.4 Å². The zero-order valence-corrected chi connectivity index (χ0v) is 12.9. The van der Waals surface area contributed by atoms with Crippen LogP contribution >= 0.6 is 23.1 Å². The van der Waals surface area contributed by atoms with Crippen molar-refractivity contribution in [3.8, 4) is 0 Å². The van der Waals surface area contributed by atoms with Crippen LogP contribution in [0.3, 0.4) is 0 Å². The summed E-state index contributed by atoms with van der Waals surface area (Å²) in [6, 6.07) is 10.1. The standard InChI is InChI=1S/C14H17N3OS2/c1-10-13(20-14(15)17-10)19-9-12(18)16-8-7-11-5-3-2-4-6-11/h2-6H,7-9H2,1H3,(H2,15,17)(H,16,18). The van der Waals surface area contributed by atoms with Crippen LogP contribution in [0.1, 0.15) is 11.3 Å². The molecule has 0 unspecified atom stereocenters. The lowest BCUT2D eigenvalue weighted by atomic mass is 10.1. The maximum absolute atomic E-state index is 11.7. The molecule has 20 heavy (non-hydrogen) atoms. The highest BCUT2D eigenvalue weighted by atomic mass is 32.2. The normalized spacial score (nSPS) is 10.4. The van der Waals surface area contributed by atoms with Crippen molar-refractivity contribution < 1.29 is 4.79 Å². The Morgan fingerprint density at radius 1 is 1.40 bits per heavy atom. The second-order valence-electron chi connectivity index (χ2n) is 4.30. The van der Waals surface area contributed by atoms with Crippen molar-refractivity contribution in [2.75, 3.05) is 18.0 Å². The molecule has 0 saturated heterocycles. The van der Waals surface area contributed by atoms with Crippen molar-refractivity contribution in [1.29, 1.82) is 0 Å². The second kappa shape index (κ2) is 7.31. The summed E-state index contributed by atoms with van der Waals surface area (Å²) in [5.41, 5.74) is 7.75. The number of nitrogens with zero attached hydrogens (tertiary/aromatic N) is 1. The van der Waals surface area contributed by atoms with Crippen LogP contribution in [-0.4, -0.2) is 23.2 Å². The van der Waals surface area contributed by atoms with Crippen molar-refractivity contribution in [2.45, 2.75) is 17.6 Å². The van der Waals surface area contributed by atoms with Gasteiger partial charge in [0.1, 0.15) is 0 Å². The van der Waals surface area contributed by atoms with Crippen molar-refractivity contribution >= 4 is 34.1 Å². The maximum atomic E-state index is 11.7. The molecule has 0 radical (unpaired) electrons. The second-order valence-corrected chi connectivity index (χ2v) is 6.57. The molecule has 1 aromatic heterocycles. The number of carbonyl (C=O) groups excluding carboxylic acids is 1. The Labute approximate surface area is 126 Å². The summed E-state index contributed by atoms with van der Waals surface area (Å²) in [6.07, 6.45) is 0.851. The largest absolute Gasteiger partial charge is 0.375 e. The van der Waals surface area contributed by atoms with Crippen molar-refractivity contribution in [2.24, 2.45) is 0 Å². The molecule has 0 aliphatic heterocycles. The number of hydrogen-bond donors (Lipinski definition) is 2. The summed E-state index contributed by atoms with van der Waals surface area (Å²) in [7, 11) is 0. The predicted molar refractivity (Wildman–Crippen MR) is 85.1 cm³/mol. The molecule has 106 valence electrons. The molecule has 0 spiro atoms. The summed E-state index contributed by atoms with van der Waals surface area (Å²) in [5, 5.41) is 3.47. The summed E-state index contributed by atoms with van der Waals surface area (Å²) < 4.78 is 1.01. The molecule has 1 amide bonds. The SMILES string of the molecule is Cc1nc(N)sc1SCC(=O)NCCc1ccccc1. The molecule has 1 aromatic carbocycles. The third-order valence-corrected chi connectivity index (χ3v) is 5.03. The molecule has 0 aliphatic carbocycles. The van der Waals surface area contributed by atoms with Gasteiger partial charge in [0.2, 0.25) is 5.91 Å². The van der Waals surface area contributed by atoms with E-state index >= 15 is 0 Å². The lowest BCUT2D eigenvalue weighted by Gasteiger charge is -2.04. The highest BCUT2D eigenvalue weighted by Gasteiger charge is 2.08. The van der Waals surface area contributed by atoms with Gasteiger partial charge < -0.3 is 11.1 Å². The first kappa shape index (κ1) is 14.9. The van der Waals surface area contributed by atoms with Crippen LogP contribution in [0.25, 0.3) is 0 Å². The van der Waals surface area contributed by atoms with Crippen LogP contribution in [0.15, 0.2) is 34.5 Å². The van der Waals surface area contributed by atoms with Crippen molar-refractivity contribution in [3.63, 3.8) is 0 Å². The minimum absolute atomic E-state index is 0.0392. The first-order chi connectivity index (χ1) is 9.65. The fraction of sp³-hybridized carbons (Fsp3) is 0.286. The van der Waals surface area contributed by atoms with Gasteiger partial charge in [-0.15, -0.1) is 11.8 Å². The van der Waals surface area contributed by atoms with Gasteiger partial charge in [0.25, 0.3) is 0 Å². The maximum Gasteiger partial charge on any atom is 0.230 e. The van der Waals surface area contributed by atoms with E-state index in [4.69, 9.17) is 5.73 Å². The number of anilines is 1. The molecule has 1 heterocycles. The number of nitrogens with one attached hydrogen (secondary N) is 1. The Kier molecular flexibility index (Phi) is 5.43. The lowest BCUT2D eigenvalue weighted by molar-refractivity contribution is -0.118. The molecule has 0 atom stereocenters. The van der Waals surface area contributed by atoms with Crippen LogP contribution in [0, 0.1) is 6.92 Å². The fourth-order valence-electron chi connectivity index (χ4n) is 1.71. The van der Waals surface area contributed by atoms with Gasteiger partial charge in [-0.1, -0.05) is 41.7 Å². The van der Waals surface area contributed by atoms with Gasteiger partial charge in [0.15, 0.2) is 5.13 Å². The van der Waals surface area contributed by atoms with Crippen LogP contribution in [0.5, 0.6) is 0 Å². The number of hydrogen-bond acceptors (Lipinski definition) is 5. The molecule has 0 aliphatic rings. The number of benzene rings is 1. The Morgan fingerprint density at radius 3 is 2.80 bits per heavy atom. The smallest absolute Gasteiger partial charge is 0.230 e. The first-order valence-corrected chi connectivity index (χ1v) is 8.11. The molecule has 2 rings (SSSR count). The van der Waals surface area contributed by atoms with Crippen LogP contribution in [0.2, 0.25) is 0 Å². The Bertz CT molecular complexity index is 569. The van der Waals surface area contributed by atoms with E-state index in [0.717, 1.165) is 16.3 Å². The number of aromatic nitrogens is 1. The number of thiazole rings is 1. The lowest BCUT2D eigenvalue weighted by Crippen LogP contribution is -2.27. The van der Waals surface area contributed by atoms with Crippen molar-refractivity contribution in [3.05, 3.63) is 41.6 Å². The fourth-order valence-corrected chi connectivity index (χ4v) is 3.56. The highest BCUT2D eigenvalue weighted by Crippen LogP contribution is 2.30. The molecule has 0 bridgehead atoms. The average molecular weight is 307 g/mol. The average Bonchev–Trinajstić information content (AvgIpc) is 2.76. The molecular weight excluding hydrogens is 290 g/mol. The van der Waals surface area contributed by atoms with Gasteiger partial charge in [-0.25, -0.2) is 4.98 Å². The van der Waals surface area contributed by atoms with Gasteiger partial charge in [-0.2, -0.15) is 0 Å². The Balaban J connectivity index is 1.69. The van der Waals surface area contributed by atoms with Gasteiger partial charge in [-0.05, 0) is 18.9 Å². The quantitative estimate of drug-likeness (QED) is 0.805. The number of carbonyl (C=O) groups is 1. The van der Waals surface area contributed by atoms with E-state index in [1.165, 1.54) is 28.7 Å². The van der Waals surface area contributed by atoms with Crippen LogP contribution in [-0.2, 0) is 11.2 Å². The third-order valence-electron chi connectivity index (χ3n) is 2.68.